The number of rotatable bonds is 30. The van der Waals surface area contributed by atoms with Gasteiger partial charge in [-0.05, 0) is 12.8 Å². The Labute approximate surface area is 214 Å². The molecule has 0 aliphatic carbocycles. The molecule has 0 aromatic heterocycles. The lowest BCUT2D eigenvalue weighted by Gasteiger charge is -2.08. The van der Waals surface area contributed by atoms with Gasteiger partial charge >= 0.3 is 5.97 Å². The smallest absolute Gasteiger partial charge is 0.305 e. The molecular weight excluding hydrogens is 452 g/mol. The highest BCUT2D eigenvalue weighted by atomic mass is 16.6. The number of esters is 1. The summed E-state index contributed by atoms with van der Waals surface area (Å²) in [6, 6.07) is 0. The zero-order valence-corrected chi connectivity index (χ0v) is 22.7. The Morgan fingerprint density at radius 1 is 0.400 bits per heavy atom. The normalized spacial score (nSPS) is 11.3. The lowest BCUT2D eigenvalue weighted by molar-refractivity contribution is -0.145. The van der Waals surface area contributed by atoms with E-state index in [1.807, 2.05) is 0 Å². The van der Waals surface area contributed by atoms with E-state index in [1.54, 1.807) is 0 Å². The zero-order chi connectivity index (χ0) is 25.5. The first kappa shape index (κ1) is 34.2. The van der Waals surface area contributed by atoms with E-state index in [0.717, 1.165) is 25.9 Å². The Hall–Kier alpha value is -0.770. The monoisotopic (exact) mass is 506 g/mol. The molecular formula is C27H54O8. The first-order valence-corrected chi connectivity index (χ1v) is 13.9. The largest absolute Gasteiger partial charge is 0.463 e. The lowest BCUT2D eigenvalue weighted by atomic mass is 10.1. The van der Waals surface area contributed by atoms with Gasteiger partial charge < -0.3 is 33.2 Å². The number of unbranched alkanes of at least 4 members (excludes halogenated alkanes) is 8. The van der Waals surface area contributed by atoms with Gasteiger partial charge in [-0.3, -0.25) is 4.79 Å². The summed E-state index contributed by atoms with van der Waals surface area (Å²) < 4.78 is 37.9. The average molecular weight is 507 g/mol. The zero-order valence-electron chi connectivity index (χ0n) is 22.7. The fraction of sp³-hybridized carbons (Fsp3) is 0.963. The Bertz CT molecular complexity index is 409. The van der Waals surface area contributed by atoms with Gasteiger partial charge in [0.05, 0.1) is 72.7 Å². The van der Waals surface area contributed by atoms with Gasteiger partial charge in [-0.25, -0.2) is 0 Å². The molecule has 0 bridgehead atoms. The fourth-order valence-electron chi connectivity index (χ4n) is 3.17. The summed E-state index contributed by atoms with van der Waals surface area (Å²) >= 11 is 0. The molecule has 0 aromatic carbocycles. The molecule has 0 atom stereocenters. The lowest BCUT2D eigenvalue weighted by Crippen LogP contribution is -2.15. The van der Waals surface area contributed by atoms with Crippen LogP contribution >= 0.6 is 0 Å². The van der Waals surface area contributed by atoms with E-state index in [2.05, 4.69) is 13.8 Å². The van der Waals surface area contributed by atoms with Gasteiger partial charge in [-0.15, -0.1) is 0 Å². The minimum absolute atomic E-state index is 0.136. The van der Waals surface area contributed by atoms with Crippen LogP contribution in [0.3, 0.4) is 0 Å². The second-order valence-electron chi connectivity index (χ2n) is 8.47. The van der Waals surface area contributed by atoms with Crippen molar-refractivity contribution in [1.82, 2.24) is 0 Å². The fourth-order valence-corrected chi connectivity index (χ4v) is 3.17. The van der Waals surface area contributed by atoms with Crippen molar-refractivity contribution in [2.24, 2.45) is 0 Å². The molecule has 0 unspecified atom stereocenters. The van der Waals surface area contributed by atoms with Crippen LogP contribution < -0.4 is 0 Å². The molecule has 0 saturated carbocycles. The molecule has 0 aliphatic heterocycles. The molecule has 0 heterocycles. The highest BCUT2D eigenvalue weighted by Gasteiger charge is 2.02. The van der Waals surface area contributed by atoms with E-state index >= 15 is 0 Å². The number of hydrogen-bond acceptors (Lipinski definition) is 8. The van der Waals surface area contributed by atoms with Gasteiger partial charge in [-0.1, -0.05) is 65.2 Å². The minimum atomic E-state index is -0.136. The van der Waals surface area contributed by atoms with Crippen LogP contribution in [0.4, 0.5) is 0 Å². The van der Waals surface area contributed by atoms with Crippen LogP contribution in [0.25, 0.3) is 0 Å². The summed E-state index contributed by atoms with van der Waals surface area (Å²) in [6.45, 7) is 11.4. The van der Waals surface area contributed by atoms with E-state index in [0.29, 0.717) is 85.7 Å². The highest BCUT2D eigenvalue weighted by Crippen LogP contribution is 2.05. The van der Waals surface area contributed by atoms with Crippen LogP contribution in [-0.2, 0) is 38.0 Å². The van der Waals surface area contributed by atoms with Crippen molar-refractivity contribution in [2.75, 3.05) is 85.9 Å². The topological polar surface area (TPSA) is 81.7 Å². The first-order chi connectivity index (χ1) is 17.3. The van der Waals surface area contributed by atoms with Gasteiger partial charge in [0.1, 0.15) is 6.61 Å². The third-order valence-corrected chi connectivity index (χ3v) is 5.23. The number of carbonyl (C=O) groups excluding carboxylic acids is 1. The third-order valence-electron chi connectivity index (χ3n) is 5.23. The number of hydrogen-bond donors (Lipinski definition) is 0. The maximum absolute atomic E-state index is 11.6. The number of carbonyl (C=O) groups is 1. The van der Waals surface area contributed by atoms with Crippen LogP contribution in [0.2, 0.25) is 0 Å². The van der Waals surface area contributed by atoms with Crippen LogP contribution in [0.1, 0.15) is 84.5 Å². The Balaban J connectivity index is 3.08. The molecule has 8 nitrogen and oxygen atoms in total. The van der Waals surface area contributed by atoms with Crippen molar-refractivity contribution in [1.29, 1.82) is 0 Å². The molecule has 8 heteroatoms. The SMILES string of the molecule is CCCCCCCOCCOCCOCCOCCOCCOCCOC(=O)CCCCCCC. The van der Waals surface area contributed by atoms with Gasteiger partial charge in [0, 0.05) is 13.0 Å². The maximum Gasteiger partial charge on any atom is 0.305 e. The van der Waals surface area contributed by atoms with E-state index in [4.69, 9.17) is 33.2 Å². The van der Waals surface area contributed by atoms with Crippen LogP contribution in [-0.4, -0.2) is 91.9 Å². The van der Waals surface area contributed by atoms with Crippen molar-refractivity contribution in [3.8, 4) is 0 Å². The Morgan fingerprint density at radius 3 is 1.17 bits per heavy atom. The minimum Gasteiger partial charge on any atom is -0.463 e. The summed E-state index contributed by atoms with van der Waals surface area (Å²) in [7, 11) is 0. The summed E-state index contributed by atoms with van der Waals surface area (Å²) in [5, 5.41) is 0. The Kier molecular flexibility index (Phi) is 30.6. The molecule has 0 aromatic rings. The van der Waals surface area contributed by atoms with Crippen molar-refractivity contribution in [3.05, 3.63) is 0 Å². The van der Waals surface area contributed by atoms with Gasteiger partial charge in [0.2, 0.25) is 0 Å². The average Bonchev–Trinajstić information content (AvgIpc) is 2.86. The van der Waals surface area contributed by atoms with E-state index in [9.17, 15) is 4.79 Å². The molecule has 0 fully saturated rings. The third kappa shape index (κ3) is 31.2. The molecule has 210 valence electrons. The van der Waals surface area contributed by atoms with Crippen molar-refractivity contribution >= 4 is 5.97 Å². The second-order valence-corrected chi connectivity index (χ2v) is 8.47. The molecule has 0 radical (unpaired) electrons. The van der Waals surface area contributed by atoms with E-state index in [-0.39, 0.29) is 5.97 Å². The van der Waals surface area contributed by atoms with Crippen molar-refractivity contribution < 1.29 is 38.0 Å². The van der Waals surface area contributed by atoms with Gasteiger partial charge in [0.25, 0.3) is 0 Å². The maximum atomic E-state index is 11.6. The molecule has 0 N–H and O–H groups in total. The van der Waals surface area contributed by atoms with E-state index < -0.39 is 0 Å². The summed E-state index contributed by atoms with van der Waals surface area (Å²) in [5.41, 5.74) is 0. The van der Waals surface area contributed by atoms with Crippen molar-refractivity contribution in [3.63, 3.8) is 0 Å². The first-order valence-electron chi connectivity index (χ1n) is 13.9. The van der Waals surface area contributed by atoms with Crippen LogP contribution in [0, 0.1) is 0 Å². The molecule has 0 spiro atoms. The molecule has 0 rings (SSSR count). The van der Waals surface area contributed by atoms with Gasteiger partial charge in [-0.2, -0.15) is 0 Å². The van der Waals surface area contributed by atoms with E-state index in [1.165, 1.54) is 44.9 Å². The molecule has 0 aliphatic rings. The summed E-state index contributed by atoms with van der Waals surface area (Å²) in [6.07, 6.45) is 12.4. The quantitative estimate of drug-likeness (QED) is 0.0999. The standard InChI is InChI=1S/C27H54O8/c1-3-5-7-9-11-13-27(28)35-26-25-34-24-23-33-22-21-32-20-19-31-18-17-30-16-15-29-14-12-10-8-6-4-2/h3-26H2,1-2H3. The molecule has 0 saturated heterocycles. The van der Waals surface area contributed by atoms with Crippen LogP contribution in [0.15, 0.2) is 0 Å². The highest BCUT2D eigenvalue weighted by molar-refractivity contribution is 5.69. The van der Waals surface area contributed by atoms with Gasteiger partial charge in [0.15, 0.2) is 0 Å². The predicted octanol–water partition coefficient (Wildman–Crippen LogP) is 4.96. The number of ether oxygens (including phenoxy) is 7. The molecule has 0 amide bonds. The van der Waals surface area contributed by atoms with Crippen LogP contribution in [0.5, 0.6) is 0 Å². The second kappa shape index (κ2) is 31.3. The molecule has 35 heavy (non-hydrogen) atoms. The van der Waals surface area contributed by atoms with Crippen molar-refractivity contribution in [2.45, 2.75) is 84.5 Å². The Morgan fingerprint density at radius 2 is 0.743 bits per heavy atom. The summed E-state index contributed by atoms with van der Waals surface area (Å²) in [5.74, 6) is -0.136. The predicted molar refractivity (Wildman–Crippen MR) is 138 cm³/mol. The summed E-state index contributed by atoms with van der Waals surface area (Å²) in [4.78, 5) is 11.6.